The van der Waals surface area contributed by atoms with E-state index in [9.17, 15) is 33.4 Å². The molecule has 1 aromatic carbocycles. The van der Waals surface area contributed by atoms with Crippen LogP contribution >= 0.6 is 0 Å². The first-order valence-electron chi connectivity index (χ1n) is 7.94. The van der Waals surface area contributed by atoms with Crippen LogP contribution in [0.15, 0.2) is 12.1 Å². The van der Waals surface area contributed by atoms with Crippen molar-refractivity contribution in [3.8, 4) is 0 Å². The molecule has 25 heavy (non-hydrogen) atoms. The lowest BCUT2D eigenvalue weighted by Gasteiger charge is -2.35. The summed E-state index contributed by atoms with van der Waals surface area (Å²) in [6.07, 6.45) is -3.52. The van der Waals surface area contributed by atoms with Crippen LogP contribution < -0.4 is 4.48 Å². The van der Waals surface area contributed by atoms with Crippen LogP contribution in [0.2, 0.25) is 0 Å². The molecule has 0 heterocycles. The van der Waals surface area contributed by atoms with E-state index < -0.39 is 33.0 Å². The molecule has 0 amide bonds. The number of rotatable bonds is 8. The molecule has 0 radical (unpaired) electrons. The van der Waals surface area contributed by atoms with Gasteiger partial charge in [-0.05, 0) is 20.3 Å². The molecule has 0 aromatic heterocycles. The molecule has 0 atom stereocenters. The fourth-order valence-electron chi connectivity index (χ4n) is 2.96. The smallest absolute Gasteiger partial charge is 0.280 e. The van der Waals surface area contributed by atoms with Crippen molar-refractivity contribution in [2.75, 3.05) is 19.6 Å². The zero-order valence-electron chi connectivity index (χ0n) is 14.3. The van der Waals surface area contributed by atoms with Crippen molar-refractivity contribution in [1.29, 1.82) is 0 Å². The molecule has 0 saturated heterocycles. The van der Waals surface area contributed by atoms with Crippen molar-refractivity contribution >= 4 is 17.1 Å². The molecule has 0 fully saturated rings. The van der Waals surface area contributed by atoms with E-state index in [2.05, 4.69) is 0 Å². The van der Waals surface area contributed by atoms with Crippen LogP contribution in [0.25, 0.3) is 0 Å². The molecule has 7 nitrogen and oxygen atoms in total. The molecule has 0 saturated carbocycles. The van der Waals surface area contributed by atoms with Gasteiger partial charge < -0.3 is 0 Å². The number of nitro groups is 2. The van der Waals surface area contributed by atoms with Crippen molar-refractivity contribution < 1.29 is 23.0 Å². The van der Waals surface area contributed by atoms with Crippen LogP contribution in [-0.2, 0) is 6.18 Å². The zero-order valence-corrected chi connectivity index (χ0v) is 14.3. The third-order valence-electron chi connectivity index (χ3n) is 4.42. The van der Waals surface area contributed by atoms with Gasteiger partial charge in [-0.15, -0.1) is 0 Å². The summed E-state index contributed by atoms with van der Waals surface area (Å²) in [6, 6.07) is 0.791. The summed E-state index contributed by atoms with van der Waals surface area (Å²) in [5.74, 6) is 0. The third-order valence-corrected chi connectivity index (χ3v) is 4.42. The van der Waals surface area contributed by atoms with Gasteiger partial charge in [-0.25, -0.2) is 0 Å². The van der Waals surface area contributed by atoms with Gasteiger partial charge in [0.05, 0.1) is 35.0 Å². The van der Waals surface area contributed by atoms with E-state index in [1.165, 1.54) is 0 Å². The van der Waals surface area contributed by atoms with Gasteiger partial charge in [0.25, 0.3) is 5.69 Å². The second-order valence-corrected chi connectivity index (χ2v) is 5.73. The van der Waals surface area contributed by atoms with Gasteiger partial charge in [0.1, 0.15) is 0 Å². The zero-order chi connectivity index (χ0) is 19.4. The largest absolute Gasteiger partial charge is 0.416 e. The van der Waals surface area contributed by atoms with E-state index >= 15 is 0 Å². The number of alkyl halides is 3. The Kier molecular flexibility index (Phi) is 6.47. The lowest BCUT2D eigenvalue weighted by Crippen LogP contribution is -2.50. The Morgan fingerprint density at radius 3 is 1.72 bits per heavy atom. The molecule has 0 aliphatic carbocycles. The number of unbranched alkanes of at least 4 members (excludes halogenated alkanes) is 1. The van der Waals surface area contributed by atoms with Crippen molar-refractivity contribution in [2.45, 2.75) is 39.8 Å². The van der Waals surface area contributed by atoms with E-state index in [0.717, 1.165) is 6.42 Å². The van der Waals surface area contributed by atoms with Crippen LogP contribution in [0.5, 0.6) is 0 Å². The molecule has 0 aliphatic heterocycles. The van der Waals surface area contributed by atoms with Crippen molar-refractivity contribution in [3.63, 3.8) is 0 Å². The van der Waals surface area contributed by atoms with Crippen LogP contribution in [0.1, 0.15) is 39.2 Å². The van der Waals surface area contributed by atoms with Gasteiger partial charge in [0.15, 0.2) is 0 Å². The third kappa shape index (κ3) is 4.25. The van der Waals surface area contributed by atoms with Gasteiger partial charge in [0, 0.05) is 12.1 Å². The molecule has 1 rings (SSSR count). The molecule has 0 spiro atoms. The Morgan fingerprint density at radius 1 is 1.00 bits per heavy atom. The van der Waals surface area contributed by atoms with Gasteiger partial charge >= 0.3 is 17.6 Å². The van der Waals surface area contributed by atoms with Crippen LogP contribution in [-0.4, -0.2) is 29.5 Å². The molecular formula is C15H21F3N3O4+. The normalized spacial score (nSPS) is 12.2. The van der Waals surface area contributed by atoms with Crippen molar-refractivity contribution in [1.82, 2.24) is 4.48 Å². The first kappa shape index (κ1) is 20.8. The molecule has 1 aromatic rings. The predicted octanol–water partition coefficient (Wildman–Crippen LogP) is 4.67. The number of hydrogen-bond donors (Lipinski definition) is 0. The van der Waals surface area contributed by atoms with E-state index in [1.807, 2.05) is 6.92 Å². The number of nitrogens with zero attached hydrogens (tertiary/aromatic N) is 3. The summed E-state index contributed by atoms with van der Waals surface area (Å²) in [4.78, 5) is 20.9. The van der Waals surface area contributed by atoms with Gasteiger partial charge in [-0.2, -0.15) is 13.2 Å². The Bertz CT molecular complexity index is 623. The second kappa shape index (κ2) is 7.77. The fraction of sp³-hybridized carbons (Fsp3) is 0.600. The van der Waals surface area contributed by atoms with E-state index in [4.69, 9.17) is 0 Å². The lowest BCUT2D eigenvalue weighted by atomic mass is 10.1. The van der Waals surface area contributed by atoms with Gasteiger partial charge in [-0.3, -0.25) is 24.7 Å². The summed E-state index contributed by atoms with van der Waals surface area (Å²) in [5.41, 5.74) is -3.38. The fourth-order valence-corrected chi connectivity index (χ4v) is 2.96. The number of halogens is 3. The Morgan fingerprint density at radius 2 is 1.44 bits per heavy atom. The summed E-state index contributed by atoms with van der Waals surface area (Å²) >= 11 is 0. The van der Waals surface area contributed by atoms with E-state index in [0.29, 0.717) is 38.2 Å². The Hall–Kier alpha value is -2.23. The maximum atomic E-state index is 13.0. The molecule has 0 N–H and O–H groups in total. The standard InChI is InChI=1S/C15H21F3N3O4/c1-4-7-8-21(5-2,6-3)14-12(19(22)23)9-11(15(16,17)18)10-13(14)20(24)25/h9-10H,4-8H2,1-3H3/q+1. The number of benzene rings is 1. The molecule has 140 valence electrons. The average molecular weight is 364 g/mol. The lowest BCUT2D eigenvalue weighted by molar-refractivity contribution is -0.394. The maximum absolute atomic E-state index is 13.0. The highest BCUT2D eigenvalue weighted by Gasteiger charge is 2.45. The first-order valence-corrected chi connectivity index (χ1v) is 7.94. The highest BCUT2D eigenvalue weighted by molar-refractivity contribution is 5.74. The highest BCUT2D eigenvalue weighted by Crippen LogP contribution is 2.45. The SMILES string of the molecule is CCCC[N+](CC)(CC)c1c([N+](=O)[O-])cc(C(F)(F)F)cc1[N+](=O)[O-]. The molecule has 0 unspecified atom stereocenters. The minimum atomic E-state index is -4.91. The van der Waals surface area contributed by atoms with Gasteiger partial charge in [-0.1, -0.05) is 13.3 Å². The minimum Gasteiger partial charge on any atom is -0.280 e. The van der Waals surface area contributed by atoms with E-state index in [-0.39, 0.29) is 10.2 Å². The van der Waals surface area contributed by atoms with Gasteiger partial charge in [0.2, 0.25) is 0 Å². The first-order chi connectivity index (χ1) is 11.5. The molecule has 0 bridgehead atoms. The minimum absolute atomic E-state index is 0.112. The summed E-state index contributed by atoms with van der Waals surface area (Å²) in [5, 5.41) is 22.9. The highest BCUT2D eigenvalue weighted by atomic mass is 19.4. The molecule has 10 heteroatoms. The average Bonchev–Trinajstić information content (AvgIpc) is 2.54. The summed E-state index contributed by atoms with van der Waals surface area (Å²) in [6.45, 7) is 6.29. The van der Waals surface area contributed by atoms with Crippen molar-refractivity contribution in [2.24, 2.45) is 0 Å². The van der Waals surface area contributed by atoms with Crippen LogP contribution in [0.4, 0.5) is 30.2 Å². The van der Waals surface area contributed by atoms with Crippen LogP contribution in [0.3, 0.4) is 0 Å². The topological polar surface area (TPSA) is 86.3 Å². The predicted molar refractivity (Wildman–Crippen MR) is 87.4 cm³/mol. The van der Waals surface area contributed by atoms with E-state index in [1.54, 1.807) is 13.8 Å². The van der Waals surface area contributed by atoms with Crippen molar-refractivity contribution in [3.05, 3.63) is 37.9 Å². The van der Waals surface area contributed by atoms with Crippen LogP contribution in [0, 0.1) is 20.2 Å². The quantitative estimate of drug-likeness (QED) is 0.381. The monoisotopic (exact) mass is 364 g/mol. The molecule has 0 aliphatic rings. The number of hydrogen-bond acceptors (Lipinski definition) is 4. The maximum Gasteiger partial charge on any atom is 0.416 e. The second-order valence-electron chi connectivity index (χ2n) is 5.73. The summed E-state index contributed by atoms with van der Waals surface area (Å²) < 4.78 is 38.9. The number of nitro benzene ring substituents is 2. The molecular weight excluding hydrogens is 343 g/mol. The Labute approximate surface area is 142 Å². The summed E-state index contributed by atoms with van der Waals surface area (Å²) in [7, 11) is 0. The Balaban J connectivity index is 3.87. The number of quaternary nitrogens is 1.